The number of aromatic hydroxyl groups is 1. The summed E-state index contributed by atoms with van der Waals surface area (Å²) < 4.78 is 10.5. The summed E-state index contributed by atoms with van der Waals surface area (Å²) in [5, 5.41) is 13.1. The van der Waals surface area contributed by atoms with Gasteiger partial charge in [-0.1, -0.05) is 24.2 Å². The average Bonchev–Trinajstić information content (AvgIpc) is 2.91. The van der Waals surface area contributed by atoms with Crippen molar-refractivity contribution in [2.75, 3.05) is 6.61 Å². The van der Waals surface area contributed by atoms with Gasteiger partial charge in [-0.05, 0) is 30.5 Å². The zero-order valence-corrected chi connectivity index (χ0v) is 11.5. The van der Waals surface area contributed by atoms with Gasteiger partial charge in [0.05, 0.1) is 6.04 Å². The Labute approximate surface area is 117 Å². The fourth-order valence-corrected chi connectivity index (χ4v) is 1.76. The van der Waals surface area contributed by atoms with Gasteiger partial charge in [0.15, 0.2) is 5.82 Å². The van der Waals surface area contributed by atoms with Crippen LogP contribution in [0, 0.1) is 0 Å². The second kappa shape index (κ2) is 7.02. The predicted molar refractivity (Wildman–Crippen MR) is 73.0 cm³/mol. The highest BCUT2D eigenvalue weighted by Gasteiger charge is 2.15. The lowest BCUT2D eigenvalue weighted by Crippen LogP contribution is -2.13. The Balaban J connectivity index is 1.91. The van der Waals surface area contributed by atoms with E-state index in [1.165, 1.54) is 0 Å². The van der Waals surface area contributed by atoms with Crippen LogP contribution in [0.5, 0.6) is 5.75 Å². The van der Waals surface area contributed by atoms with Crippen molar-refractivity contribution in [2.45, 2.75) is 32.4 Å². The van der Waals surface area contributed by atoms with Gasteiger partial charge in [0, 0.05) is 6.61 Å². The highest BCUT2D eigenvalue weighted by molar-refractivity contribution is 5.26. The van der Waals surface area contributed by atoms with Gasteiger partial charge in [0.25, 0.3) is 0 Å². The van der Waals surface area contributed by atoms with E-state index in [1.807, 2.05) is 19.1 Å². The molecule has 0 aliphatic carbocycles. The number of phenols is 1. The first-order chi connectivity index (χ1) is 9.69. The molecular formula is C14H19N3O3. The van der Waals surface area contributed by atoms with Crippen LogP contribution in [0.3, 0.4) is 0 Å². The van der Waals surface area contributed by atoms with Gasteiger partial charge in [0.1, 0.15) is 12.4 Å². The third-order valence-corrected chi connectivity index (χ3v) is 2.77. The Morgan fingerprint density at radius 3 is 2.80 bits per heavy atom. The maximum atomic E-state index is 9.23. The van der Waals surface area contributed by atoms with Gasteiger partial charge in [-0.25, -0.2) is 0 Å². The van der Waals surface area contributed by atoms with Gasteiger partial charge in [-0.2, -0.15) is 4.98 Å². The van der Waals surface area contributed by atoms with E-state index in [2.05, 4.69) is 10.1 Å². The topological polar surface area (TPSA) is 94.4 Å². The van der Waals surface area contributed by atoms with Crippen LogP contribution in [-0.4, -0.2) is 21.9 Å². The summed E-state index contributed by atoms with van der Waals surface area (Å²) in [4.78, 5) is 4.22. The molecule has 0 saturated heterocycles. The number of nitrogens with zero attached hydrogens (tertiary/aromatic N) is 2. The Morgan fingerprint density at radius 1 is 1.35 bits per heavy atom. The van der Waals surface area contributed by atoms with Crippen LogP contribution in [-0.2, 0) is 17.8 Å². The van der Waals surface area contributed by atoms with Crippen LogP contribution in [0.4, 0.5) is 0 Å². The zero-order chi connectivity index (χ0) is 14.4. The summed E-state index contributed by atoms with van der Waals surface area (Å²) in [5.41, 5.74) is 7.03. The van der Waals surface area contributed by atoms with Crippen molar-refractivity contribution in [1.29, 1.82) is 0 Å². The van der Waals surface area contributed by atoms with E-state index in [9.17, 15) is 5.11 Å². The summed E-state index contributed by atoms with van der Waals surface area (Å²) in [6.45, 7) is 3.04. The van der Waals surface area contributed by atoms with Gasteiger partial charge in [-0.3, -0.25) is 0 Å². The molecule has 1 atom stereocenters. The zero-order valence-electron chi connectivity index (χ0n) is 11.5. The Bertz CT molecular complexity index is 525. The quantitative estimate of drug-likeness (QED) is 0.751. The molecule has 0 bridgehead atoms. The minimum absolute atomic E-state index is 0.232. The monoisotopic (exact) mass is 277 g/mol. The van der Waals surface area contributed by atoms with Crippen molar-refractivity contribution in [1.82, 2.24) is 10.1 Å². The Kier molecular flexibility index (Phi) is 5.09. The number of benzene rings is 1. The summed E-state index contributed by atoms with van der Waals surface area (Å²) in [7, 11) is 0. The van der Waals surface area contributed by atoms with E-state index in [4.69, 9.17) is 15.0 Å². The minimum Gasteiger partial charge on any atom is -0.508 e. The first kappa shape index (κ1) is 14.5. The summed E-state index contributed by atoms with van der Waals surface area (Å²) >= 11 is 0. The Hall–Kier alpha value is -1.92. The minimum atomic E-state index is -0.369. The number of phenolic OH excluding ortho intramolecular Hbond substituents is 1. The maximum absolute atomic E-state index is 9.23. The number of ether oxygens (including phenoxy) is 1. The average molecular weight is 277 g/mol. The molecule has 3 N–H and O–H groups in total. The van der Waals surface area contributed by atoms with Gasteiger partial charge < -0.3 is 20.1 Å². The van der Waals surface area contributed by atoms with Crippen LogP contribution < -0.4 is 5.73 Å². The van der Waals surface area contributed by atoms with E-state index in [1.54, 1.807) is 12.1 Å². The molecule has 20 heavy (non-hydrogen) atoms. The molecule has 1 aromatic carbocycles. The van der Waals surface area contributed by atoms with Crippen LogP contribution in [0.1, 0.15) is 36.7 Å². The lowest BCUT2D eigenvalue weighted by molar-refractivity contribution is 0.114. The van der Waals surface area contributed by atoms with E-state index in [0.717, 1.165) is 12.0 Å². The Morgan fingerprint density at radius 2 is 2.10 bits per heavy atom. The van der Waals surface area contributed by atoms with Crippen molar-refractivity contribution in [3.8, 4) is 5.75 Å². The van der Waals surface area contributed by atoms with Crippen molar-refractivity contribution >= 4 is 0 Å². The first-order valence-corrected chi connectivity index (χ1v) is 6.62. The normalized spacial score (nSPS) is 12.5. The molecule has 0 radical (unpaired) electrons. The molecule has 1 unspecified atom stereocenters. The molecule has 0 aliphatic rings. The second-order valence-corrected chi connectivity index (χ2v) is 4.58. The molecule has 1 aromatic heterocycles. The highest BCUT2D eigenvalue weighted by atomic mass is 16.5. The van der Waals surface area contributed by atoms with E-state index < -0.39 is 0 Å². The molecule has 0 fully saturated rings. The number of aromatic nitrogens is 2. The largest absolute Gasteiger partial charge is 0.508 e. The van der Waals surface area contributed by atoms with Crippen LogP contribution in [0.2, 0.25) is 0 Å². The standard InChI is InChI=1S/C14H19N3O3/c1-2-7-19-9-13-16-14(20-17-13)12(15)8-10-3-5-11(18)6-4-10/h3-6,12,18H,2,7-9,15H2,1H3. The third-order valence-electron chi connectivity index (χ3n) is 2.77. The fraction of sp³-hybridized carbons (Fsp3) is 0.429. The SMILES string of the molecule is CCCOCc1noc(C(N)Cc2ccc(O)cc2)n1. The van der Waals surface area contributed by atoms with Gasteiger partial charge in [-0.15, -0.1) is 0 Å². The maximum Gasteiger partial charge on any atom is 0.243 e. The molecule has 0 saturated carbocycles. The molecule has 2 rings (SSSR count). The predicted octanol–water partition coefficient (Wildman–Crippen LogP) is 1.94. The molecule has 0 spiro atoms. The van der Waals surface area contributed by atoms with Gasteiger partial charge >= 0.3 is 0 Å². The lowest BCUT2D eigenvalue weighted by Gasteiger charge is -2.06. The van der Waals surface area contributed by atoms with Gasteiger partial charge in [0.2, 0.25) is 5.89 Å². The third kappa shape index (κ3) is 4.04. The molecule has 1 heterocycles. The second-order valence-electron chi connectivity index (χ2n) is 4.58. The van der Waals surface area contributed by atoms with Crippen molar-refractivity contribution < 1.29 is 14.4 Å². The van der Waals surface area contributed by atoms with E-state index in [0.29, 0.717) is 31.3 Å². The van der Waals surface area contributed by atoms with E-state index in [-0.39, 0.29) is 11.8 Å². The van der Waals surface area contributed by atoms with Crippen LogP contribution >= 0.6 is 0 Å². The fourth-order valence-electron chi connectivity index (χ4n) is 1.76. The summed E-state index contributed by atoms with van der Waals surface area (Å²) in [6, 6.07) is 6.51. The number of rotatable bonds is 7. The van der Waals surface area contributed by atoms with Crippen molar-refractivity contribution in [3.05, 3.63) is 41.5 Å². The molecule has 6 heteroatoms. The van der Waals surface area contributed by atoms with Crippen LogP contribution in [0.25, 0.3) is 0 Å². The van der Waals surface area contributed by atoms with Crippen molar-refractivity contribution in [3.63, 3.8) is 0 Å². The molecule has 0 aliphatic heterocycles. The smallest absolute Gasteiger partial charge is 0.243 e. The number of hydrogen-bond acceptors (Lipinski definition) is 6. The highest BCUT2D eigenvalue weighted by Crippen LogP contribution is 2.17. The summed E-state index contributed by atoms with van der Waals surface area (Å²) in [5.74, 6) is 1.14. The molecular weight excluding hydrogens is 258 g/mol. The first-order valence-electron chi connectivity index (χ1n) is 6.62. The van der Waals surface area contributed by atoms with E-state index >= 15 is 0 Å². The number of nitrogens with two attached hydrogens (primary N) is 1. The number of hydrogen-bond donors (Lipinski definition) is 2. The lowest BCUT2D eigenvalue weighted by atomic mass is 10.1. The molecule has 0 amide bonds. The summed E-state index contributed by atoms with van der Waals surface area (Å²) in [6.07, 6.45) is 1.52. The molecule has 108 valence electrons. The van der Waals surface area contributed by atoms with Crippen molar-refractivity contribution in [2.24, 2.45) is 5.73 Å². The molecule has 2 aromatic rings. The molecule has 6 nitrogen and oxygen atoms in total. The van der Waals surface area contributed by atoms with Crippen LogP contribution in [0.15, 0.2) is 28.8 Å².